The van der Waals surface area contributed by atoms with Gasteiger partial charge in [0.05, 0.1) is 0 Å². The van der Waals surface area contributed by atoms with Gasteiger partial charge in [0.15, 0.2) is 16.6 Å². The zero-order valence-electron chi connectivity index (χ0n) is 16.0. The maximum absolute atomic E-state index is 5.40. The lowest BCUT2D eigenvalue weighted by molar-refractivity contribution is 0.174. The van der Waals surface area contributed by atoms with Crippen molar-refractivity contribution in [3.05, 3.63) is 59.2 Å². The number of nitrogens with one attached hydrogen (secondary N) is 2. The summed E-state index contributed by atoms with van der Waals surface area (Å²) in [7, 11) is 0. The molecule has 0 atom stereocenters. The van der Waals surface area contributed by atoms with Crippen molar-refractivity contribution in [3.63, 3.8) is 0 Å². The van der Waals surface area contributed by atoms with E-state index in [9.17, 15) is 0 Å². The summed E-state index contributed by atoms with van der Waals surface area (Å²) in [6.07, 6.45) is 0. The second-order valence-electron chi connectivity index (χ2n) is 6.50. The molecule has 2 N–H and O–H groups in total. The van der Waals surface area contributed by atoms with Gasteiger partial charge in [-0.1, -0.05) is 44.2 Å². The van der Waals surface area contributed by atoms with Crippen LogP contribution in [0.1, 0.15) is 30.5 Å². The van der Waals surface area contributed by atoms with Crippen LogP contribution in [0.15, 0.2) is 42.5 Å². The number of benzene rings is 2. The molecule has 6 heteroatoms. The first-order valence-electron chi connectivity index (χ1n) is 9.38. The van der Waals surface area contributed by atoms with Crippen molar-refractivity contribution in [1.82, 2.24) is 15.5 Å². The Balaban J connectivity index is 1.42. The Morgan fingerprint density at radius 3 is 2.19 bits per heavy atom. The minimum atomic E-state index is 0.292. The fourth-order valence-electron chi connectivity index (χ4n) is 2.95. The molecule has 1 aliphatic heterocycles. The lowest BCUT2D eigenvalue weighted by Gasteiger charge is -2.18. The third-order valence-electron chi connectivity index (χ3n) is 4.67. The van der Waals surface area contributed by atoms with E-state index in [1.165, 1.54) is 11.1 Å². The van der Waals surface area contributed by atoms with Gasteiger partial charge in [0.2, 0.25) is 6.79 Å². The molecule has 3 rings (SSSR count). The molecule has 0 saturated carbocycles. The SMILES string of the molecule is CCN(CC)Cc1ccc(CNC(=S)NCc2ccc3c(c2)OCO3)cc1. The maximum Gasteiger partial charge on any atom is 0.231 e. The molecule has 0 fully saturated rings. The number of nitrogens with zero attached hydrogens (tertiary/aromatic N) is 1. The molecule has 0 aliphatic carbocycles. The van der Waals surface area contributed by atoms with E-state index in [0.717, 1.165) is 36.7 Å². The van der Waals surface area contributed by atoms with Gasteiger partial charge in [0.1, 0.15) is 0 Å². The molecule has 1 heterocycles. The number of hydrogen-bond acceptors (Lipinski definition) is 4. The van der Waals surface area contributed by atoms with E-state index < -0.39 is 0 Å². The quantitative estimate of drug-likeness (QED) is 0.679. The third kappa shape index (κ3) is 5.58. The van der Waals surface area contributed by atoms with Crippen molar-refractivity contribution in [2.45, 2.75) is 33.5 Å². The Morgan fingerprint density at radius 1 is 0.889 bits per heavy atom. The summed E-state index contributed by atoms with van der Waals surface area (Å²) in [4.78, 5) is 2.41. The van der Waals surface area contributed by atoms with Crippen molar-refractivity contribution >= 4 is 17.3 Å². The predicted molar refractivity (Wildman–Crippen MR) is 112 cm³/mol. The van der Waals surface area contributed by atoms with E-state index in [1.54, 1.807) is 0 Å². The second-order valence-corrected chi connectivity index (χ2v) is 6.91. The predicted octanol–water partition coefficient (Wildman–Crippen LogP) is 3.42. The molecule has 0 bridgehead atoms. The smallest absolute Gasteiger partial charge is 0.231 e. The number of rotatable bonds is 8. The van der Waals surface area contributed by atoms with Gasteiger partial charge < -0.3 is 20.1 Å². The summed E-state index contributed by atoms with van der Waals surface area (Å²) in [6.45, 7) is 9.17. The summed E-state index contributed by atoms with van der Waals surface area (Å²) < 4.78 is 10.7. The minimum Gasteiger partial charge on any atom is -0.454 e. The van der Waals surface area contributed by atoms with Gasteiger partial charge in [-0.15, -0.1) is 0 Å². The highest BCUT2D eigenvalue weighted by molar-refractivity contribution is 7.80. The first-order valence-corrected chi connectivity index (χ1v) is 9.79. The normalized spacial score (nSPS) is 12.3. The fraction of sp³-hybridized carbons (Fsp3) is 0.381. The van der Waals surface area contributed by atoms with E-state index in [0.29, 0.717) is 25.0 Å². The van der Waals surface area contributed by atoms with Gasteiger partial charge in [-0.25, -0.2) is 0 Å². The zero-order chi connectivity index (χ0) is 19.1. The highest BCUT2D eigenvalue weighted by Gasteiger charge is 2.13. The molecule has 0 unspecified atom stereocenters. The largest absolute Gasteiger partial charge is 0.454 e. The summed E-state index contributed by atoms with van der Waals surface area (Å²) in [5, 5.41) is 7.13. The topological polar surface area (TPSA) is 45.8 Å². The highest BCUT2D eigenvalue weighted by atomic mass is 32.1. The molecule has 0 spiro atoms. The zero-order valence-corrected chi connectivity index (χ0v) is 16.8. The van der Waals surface area contributed by atoms with Gasteiger partial charge in [-0.2, -0.15) is 0 Å². The maximum atomic E-state index is 5.40. The summed E-state index contributed by atoms with van der Waals surface area (Å²) in [5.41, 5.74) is 3.65. The van der Waals surface area contributed by atoms with Gasteiger partial charge >= 0.3 is 0 Å². The molecule has 0 aromatic heterocycles. The Labute approximate surface area is 166 Å². The van der Waals surface area contributed by atoms with Gasteiger partial charge in [-0.05, 0) is 54.1 Å². The van der Waals surface area contributed by atoms with Crippen molar-refractivity contribution < 1.29 is 9.47 Å². The molecule has 2 aromatic rings. The molecular formula is C21H27N3O2S. The van der Waals surface area contributed by atoms with Gasteiger partial charge in [0.25, 0.3) is 0 Å². The Kier molecular flexibility index (Phi) is 6.90. The third-order valence-corrected chi connectivity index (χ3v) is 4.96. The van der Waals surface area contributed by atoms with Crippen molar-refractivity contribution in [2.75, 3.05) is 19.9 Å². The minimum absolute atomic E-state index is 0.292. The molecule has 0 amide bonds. The molecule has 2 aromatic carbocycles. The van der Waals surface area contributed by atoms with Crippen LogP contribution in [0, 0.1) is 0 Å². The van der Waals surface area contributed by atoms with E-state index in [1.807, 2.05) is 18.2 Å². The van der Waals surface area contributed by atoms with E-state index in [2.05, 4.69) is 53.6 Å². The van der Waals surface area contributed by atoms with Crippen molar-refractivity contribution in [2.24, 2.45) is 0 Å². The van der Waals surface area contributed by atoms with Crippen molar-refractivity contribution in [1.29, 1.82) is 0 Å². The molecule has 5 nitrogen and oxygen atoms in total. The standard InChI is InChI=1S/C21H27N3O2S/c1-3-24(4-2)14-17-7-5-16(6-8-17)12-22-21(27)23-13-18-9-10-19-20(11-18)26-15-25-19/h5-11H,3-4,12-15H2,1-2H3,(H2,22,23,27). The number of ether oxygens (including phenoxy) is 2. The fourth-order valence-corrected chi connectivity index (χ4v) is 3.09. The number of hydrogen-bond donors (Lipinski definition) is 2. The van der Waals surface area contributed by atoms with Crippen molar-refractivity contribution in [3.8, 4) is 11.5 Å². The monoisotopic (exact) mass is 385 g/mol. The second kappa shape index (κ2) is 9.58. The number of thiocarbonyl (C=S) groups is 1. The molecule has 1 aliphatic rings. The van der Waals surface area contributed by atoms with Crippen LogP contribution in [-0.4, -0.2) is 29.9 Å². The van der Waals surface area contributed by atoms with E-state index in [4.69, 9.17) is 21.7 Å². The highest BCUT2D eigenvalue weighted by Crippen LogP contribution is 2.32. The molecular weight excluding hydrogens is 358 g/mol. The number of fused-ring (bicyclic) bond motifs is 1. The molecule has 27 heavy (non-hydrogen) atoms. The first-order chi connectivity index (χ1) is 13.2. The lowest BCUT2D eigenvalue weighted by atomic mass is 10.1. The molecule has 0 saturated heterocycles. The van der Waals surface area contributed by atoms with Crippen LogP contribution in [0.3, 0.4) is 0 Å². The van der Waals surface area contributed by atoms with Crippen LogP contribution in [0.2, 0.25) is 0 Å². The van der Waals surface area contributed by atoms with Crippen LogP contribution in [0.5, 0.6) is 11.5 Å². The van der Waals surface area contributed by atoms with E-state index >= 15 is 0 Å². The summed E-state index contributed by atoms with van der Waals surface area (Å²) in [6, 6.07) is 14.6. The van der Waals surface area contributed by atoms with Crippen LogP contribution < -0.4 is 20.1 Å². The summed E-state index contributed by atoms with van der Waals surface area (Å²) >= 11 is 5.38. The Hall–Kier alpha value is -2.31. The molecule has 0 radical (unpaired) electrons. The Bertz CT molecular complexity index is 761. The van der Waals surface area contributed by atoms with Crippen LogP contribution in [0.25, 0.3) is 0 Å². The van der Waals surface area contributed by atoms with Crippen LogP contribution in [-0.2, 0) is 19.6 Å². The van der Waals surface area contributed by atoms with Gasteiger partial charge in [0, 0.05) is 19.6 Å². The average molecular weight is 386 g/mol. The van der Waals surface area contributed by atoms with Gasteiger partial charge in [-0.3, -0.25) is 4.90 Å². The van der Waals surface area contributed by atoms with Crippen LogP contribution in [0.4, 0.5) is 0 Å². The lowest BCUT2D eigenvalue weighted by Crippen LogP contribution is -2.34. The van der Waals surface area contributed by atoms with E-state index in [-0.39, 0.29) is 0 Å². The van der Waals surface area contributed by atoms with Crippen LogP contribution >= 0.6 is 12.2 Å². The Morgan fingerprint density at radius 2 is 1.48 bits per heavy atom. The summed E-state index contributed by atoms with van der Waals surface area (Å²) in [5.74, 6) is 1.59. The molecule has 144 valence electrons. The average Bonchev–Trinajstić information content (AvgIpc) is 3.17. The first kappa shape index (κ1) is 19.5.